The fourth-order valence-electron chi connectivity index (χ4n) is 1.27. The van der Waals surface area contributed by atoms with Crippen LogP contribution in [0.3, 0.4) is 0 Å². The van der Waals surface area contributed by atoms with Gasteiger partial charge in [0.1, 0.15) is 0 Å². The molecular weight excluding hydrogens is 276 g/mol. The van der Waals surface area contributed by atoms with E-state index in [9.17, 15) is 4.79 Å². The van der Waals surface area contributed by atoms with Crippen molar-refractivity contribution in [2.24, 2.45) is 0 Å². The highest BCUT2D eigenvalue weighted by atomic mass is 35.5. The van der Waals surface area contributed by atoms with E-state index in [1.165, 1.54) is 4.68 Å². The Balaban J connectivity index is 2.30. The molecule has 2 aromatic rings. The minimum Gasteiger partial charge on any atom is -0.481 e. The van der Waals surface area contributed by atoms with Gasteiger partial charge in [0, 0.05) is 5.02 Å². The third kappa shape index (κ3) is 2.80. The molecule has 0 bridgehead atoms. The van der Waals surface area contributed by atoms with Crippen LogP contribution in [0, 0.1) is 6.92 Å². The fourth-order valence-corrected chi connectivity index (χ4v) is 2.06. The van der Waals surface area contributed by atoms with E-state index in [1.807, 2.05) is 19.1 Å². The van der Waals surface area contributed by atoms with E-state index >= 15 is 0 Å². The first-order valence-electron chi connectivity index (χ1n) is 4.97. The molecule has 1 aromatic heterocycles. The Labute approximate surface area is 112 Å². The zero-order chi connectivity index (χ0) is 13.1. The second-order valence-electron chi connectivity index (χ2n) is 3.49. The standard InChI is InChI=1S/C10H9ClN4O2S/c1-6-2-3-7(4-8(6)11)15-10(12-13-14-15)18-5-9(16)17/h2-4H,5H2,1H3,(H,16,17). The summed E-state index contributed by atoms with van der Waals surface area (Å²) in [6.07, 6.45) is 0. The van der Waals surface area contributed by atoms with Crippen molar-refractivity contribution in [3.05, 3.63) is 28.8 Å². The number of hydrogen-bond acceptors (Lipinski definition) is 5. The van der Waals surface area contributed by atoms with E-state index in [0.717, 1.165) is 17.3 Å². The molecule has 0 aliphatic heterocycles. The third-order valence-electron chi connectivity index (χ3n) is 2.17. The van der Waals surface area contributed by atoms with E-state index in [-0.39, 0.29) is 5.75 Å². The lowest BCUT2D eigenvalue weighted by Crippen LogP contribution is -2.03. The molecule has 0 saturated carbocycles. The van der Waals surface area contributed by atoms with Gasteiger partial charge in [-0.05, 0) is 35.0 Å². The van der Waals surface area contributed by atoms with Crippen LogP contribution < -0.4 is 0 Å². The van der Waals surface area contributed by atoms with Crippen molar-refractivity contribution in [1.29, 1.82) is 0 Å². The molecule has 1 heterocycles. The summed E-state index contributed by atoms with van der Waals surface area (Å²) in [4.78, 5) is 10.5. The van der Waals surface area contributed by atoms with Gasteiger partial charge >= 0.3 is 5.97 Å². The molecular formula is C10H9ClN4O2S. The van der Waals surface area contributed by atoms with E-state index in [1.54, 1.807) is 6.07 Å². The highest BCUT2D eigenvalue weighted by Crippen LogP contribution is 2.22. The van der Waals surface area contributed by atoms with Crippen molar-refractivity contribution in [2.45, 2.75) is 12.1 Å². The molecule has 0 fully saturated rings. The quantitative estimate of drug-likeness (QED) is 0.862. The first-order chi connectivity index (χ1) is 8.58. The summed E-state index contributed by atoms with van der Waals surface area (Å²) in [5.41, 5.74) is 1.65. The molecule has 6 nitrogen and oxygen atoms in total. The molecule has 0 amide bonds. The number of thioether (sulfide) groups is 1. The molecule has 0 radical (unpaired) electrons. The Morgan fingerprint density at radius 2 is 2.33 bits per heavy atom. The number of tetrazole rings is 1. The number of halogens is 1. The maximum absolute atomic E-state index is 10.5. The van der Waals surface area contributed by atoms with Gasteiger partial charge in [-0.25, -0.2) is 0 Å². The predicted octanol–water partition coefficient (Wildman–Crippen LogP) is 1.80. The van der Waals surface area contributed by atoms with Gasteiger partial charge in [-0.3, -0.25) is 4.79 Å². The molecule has 1 N–H and O–H groups in total. The minimum absolute atomic E-state index is 0.0973. The molecule has 0 saturated heterocycles. The van der Waals surface area contributed by atoms with Crippen molar-refractivity contribution < 1.29 is 9.90 Å². The maximum Gasteiger partial charge on any atom is 0.313 e. The highest BCUT2D eigenvalue weighted by Gasteiger charge is 2.11. The third-order valence-corrected chi connectivity index (χ3v) is 3.48. The van der Waals surface area contributed by atoms with Gasteiger partial charge < -0.3 is 5.11 Å². The molecule has 94 valence electrons. The van der Waals surface area contributed by atoms with Crippen molar-refractivity contribution in [2.75, 3.05) is 5.75 Å². The van der Waals surface area contributed by atoms with Crippen molar-refractivity contribution >= 4 is 29.3 Å². The molecule has 1 aromatic carbocycles. The van der Waals surface area contributed by atoms with Gasteiger partial charge in [0.05, 0.1) is 11.4 Å². The first-order valence-corrected chi connectivity index (χ1v) is 6.34. The number of carboxylic acids is 1. The van der Waals surface area contributed by atoms with Crippen LogP contribution in [-0.4, -0.2) is 37.0 Å². The molecule has 0 unspecified atom stereocenters. The average molecular weight is 285 g/mol. The molecule has 0 aliphatic carbocycles. The second kappa shape index (κ2) is 5.36. The summed E-state index contributed by atoms with van der Waals surface area (Å²) < 4.78 is 1.46. The topological polar surface area (TPSA) is 80.9 Å². The molecule has 18 heavy (non-hydrogen) atoms. The lowest BCUT2D eigenvalue weighted by atomic mass is 10.2. The van der Waals surface area contributed by atoms with Gasteiger partial charge in [0.25, 0.3) is 0 Å². The van der Waals surface area contributed by atoms with Gasteiger partial charge in [0.2, 0.25) is 5.16 Å². The highest BCUT2D eigenvalue weighted by molar-refractivity contribution is 7.99. The van der Waals surface area contributed by atoms with Crippen molar-refractivity contribution in [1.82, 2.24) is 20.2 Å². The van der Waals surface area contributed by atoms with Gasteiger partial charge in [-0.2, -0.15) is 4.68 Å². The van der Waals surface area contributed by atoms with Gasteiger partial charge in [-0.1, -0.05) is 29.4 Å². The van der Waals surface area contributed by atoms with Crippen LogP contribution in [0.25, 0.3) is 5.69 Å². The average Bonchev–Trinajstić information content (AvgIpc) is 2.78. The number of aromatic nitrogens is 4. The number of rotatable bonds is 4. The van der Waals surface area contributed by atoms with Crippen LogP contribution in [0.1, 0.15) is 5.56 Å². The van der Waals surface area contributed by atoms with Gasteiger partial charge in [0.15, 0.2) is 0 Å². The summed E-state index contributed by atoms with van der Waals surface area (Å²) in [7, 11) is 0. The first kappa shape index (κ1) is 12.8. The second-order valence-corrected chi connectivity index (χ2v) is 4.84. The number of hydrogen-bond donors (Lipinski definition) is 1. The van der Waals surface area contributed by atoms with E-state index in [4.69, 9.17) is 16.7 Å². The number of aliphatic carboxylic acids is 1. The van der Waals surface area contributed by atoms with Crippen LogP contribution in [0.2, 0.25) is 5.02 Å². The summed E-state index contributed by atoms with van der Waals surface area (Å²) in [6, 6.07) is 5.41. The zero-order valence-electron chi connectivity index (χ0n) is 9.37. The summed E-state index contributed by atoms with van der Waals surface area (Å²) in [5.74, 6) is -1.02. The monoisotopic (exact) mass is 284 g/mol. The SMILES string of the molecule is Cc1ccc(-n2nnnc2SCC(=O)O)cc1Cl. The van der Waals surface area contributed by atoms with Crippen molar-refractivity contribution in [3.8, 4) is 5.69 Å². The Hall–Kier alpha value is -1.60. The van der Waals surface area contributed by atoms with E-state index in [0.29, 0.717) is 15.9 Å². The maximum atomic E-state index is 10.5. The number of carboxylic acid groups (broad SMARTS) is 1. The molecule has 2 rings (SSSR count). The van der Waals surface area contributed by atoms with Crippen LogP contribution in [0.4, 0.5) is 0 Å². The Morgan fingerprint density at radius 1 is 1.56 bits per heavy atom. The molecule has 0 aliphatic rings. The molecule has 8 heteroatoms. The normalized spacial score (nSPS) is 10.6. The zero-order valence-corrected chi connectivity index (χ0v) is 10.9. The largest absolute Gasteiger partial charge is 0.481 e. The minimum atomic E-state index is -0.920. The molecule has 0 spiro atoms. The van der Waals surface area contributed by atoms with Crippen molar-refractivity contribution in [3.63, 3.8) is 0 Å². The van der Waals surface area contributed by atoms with Crippen LogP contribution in [0.15, 0.2) is 23.4 Å². The number of aryl methyl sites for hydroxylation is 1. The fraction of sp³-hybridized carbons (Fsp3) is 0.200. The molecule has 0 atom stereocenters. The van der Waals surface area contributed by atoms with E-state index < -0.39 is 5.97 Å². The van der Waals surface area contributed by atoms with Gasteiger partial charge in [-0.15, -0.1) is 5.10 Å². The Morgan fingerprint density at radius 3 is 3.00 bits per heavy atom. The Bertz CT molecular complexity index is 587. The number of nitrogens with zero attached hydrogens (tertiary/aromatic N) is 4. The van der Waals surface area contributed by atoms with Crippen LogP contribution in [-0.2, 0) is 4.79 Å². The summed E-state index contributed by atoms with van der Waals surface area (Å²) >= 11 is 7.08. The lowest BCUT2D eigenvalue weighted by Gasteiger charge is -2.05. The van der Waals surface area contributed by atoms with Crippen LogP contribution >= 0.6 is 23.4 Å². The van der Waals surface area contributed by atoms with Crippen LogP contribution in [0.5, 0.6) is 0 Å². The number of benzene rings is 1. The van der Waals surface area contributed by atoms with E-state index in [2.05, 4.69) is 15.5 Å². The summed E-state index contributed by atoms with van der Waals surface area (Å²) in [5, 5.41) is 20.8. The smallest absolute Gasteiger partial charge is 0.313 e. The lowest BCUT2D eigenvalue weighted by molar-refractivity contribution is -0.133. The predicted molar refractivity (Wildman–Crippen MR) is 67.3 cm³/mol. The Kier molecular flexibility index (Phi) is 3.83. The summed E-state index contributed by atoms with van der Waals surface area (Å²) in [6.45, 7) is 1.89. The number of carbonyl (C=O) groups is 1.